The van der Waals surface area contributed by atoms with Crippen LogP contribution in [0.4, 0.5) is 0 Å². The van der Waals surface area contributed by atoms with Gasteiger partial charge in [-0.05, 0) is 64.1 Å². The number of methoxy groups -OCH3 is 1. The molecule has 2 aromatic carbocycles. The molecule has 0 bridgehead atoms. The Kier molecular flexibility index (Phi) is 5.83. The molecule has 1 unspecified atom stereocenters. The highest BCUT2D eigenvalue weighted by Crippen LogP contribution is 2.28. The van der Waals surface area contributed by atoms with Crippen LogP contribution in [0.25, 0.3) is 0 Å². The fourth-order valence-electron chi connectivity index (χ4n) is 2.48. The van der Waals surface area contributed by atoms with Gasteiger partial charge in [-0.2, -0.15) is 0 Å². The first kappa shape index (κ1) is 16.1. The van der Waals surface area contributed by atoms with E-state index in [0.717, 1.165) is 23.1 Å². The van der Waals surface area contributed by atoms with Crippen molar-refractivity contribution in [3.8, 4) is 5.75 Å². The lowest BCUT2D eigenvalue weighted by Gasteiger charge is -2.16. The zero-order chi connectivity index (χ0) is 15.2. The van der Waals surface area contributed by atoms with Crippen LogP contribution in [0.5, 0.6) is 5.75 Å². The van der Waals surface area contributed by atoms with Crippen molar-refractivity contribution in [1.29, 1.82) is 0 Å². The van der Waals surface area contributed by atoms with Crippen LogP contribution >= 0.6 is 15.9 Å². The Morgan fingerprint density at radius 2 is 1.76 bits per heavy atom. The molecule has 21 heavy (non-hydrogen) atoms. The summed E-state index contributed by atoms with van der Waals surface area (Å²) in [6.07, 6.45) is 2.00. The van der Waals surface area contributed by atoms with E-state index in [1.807, 2.05) is 6.07 Å². The Labute approximate surface area is 135 Å². The predicted octanol–water partition coefficient (Wildman–Crippen LogP) is 4.31. The monoisotopic (exact) mass is 347 g/mol. The lowest BCUT2D eigenvalue weighted by molar-refractivity contribution is 0.412. The first-order valence-electron chi connectivity index (χ1n) is 7.29. The Morgan fingerprint density at radius 1 is 1.10 bits per heavy atom. The Morgan fingerprint density at radius 3 is 2.29 bits per heavy atom. The molecule has 0 aliphatic carbocycles. The zero-order valence-electron chi connectivity index (χ0n) is 12.6. The van der Waals surface area contributed by atoms with Crippen molar-refractivity contribution in [1.82, 2.24) is 0 Å². The van der Waals surface area contributed by atoms with E-state index in [0.29, 0.717) is 12.5 Å². The highest BCUT2D eigenvalue weighted by atomic mass is 79.9. The SMILES string of the molecule is CCc1ccc(C(CN)Cc2ccc(OC)c(Br)c2)cc1. The van der Waals surface area contributed by atoms with E-state index in [4.69, 9.17) is 10.5 Å². The fourth-order valence-corrected chi connectivity index (χ4v) is 3.07. The molecule has 0 heterocycles. The zero-order valence-corrected chi connectivity index (χ0v) is 14.2. The molecule has 2 aromatic rings. The number of benzene rings is 2. The molecule has 3 heteroatoms. The van der Waals surface area contributed by atoms with Crippen LogP contribution in [-0.2, 0) is 12.8 Å². The molecule has 0 amide bonds. The molecule has 0 aromatic heterocycles. The minimum absolute atomic E-state index is 0.344. The molecule has 2 nitrogen and oxygen atoms in total. The first-order chi connectivity index (χ1) is 10.2. The van der Waals surface area contributed by atoms with E-state index in [-0.39, 0.29) is 0 Å². The van der Waals surface area contributed by atoms with E-state index in [9.17, 15) is 0 Å². The van der Waals surface area contributed by atoms with Crippen LogP contribution < -0.4 is 10.5 Å². The third-order valence-electron chi connectivity index (χ3n) is 3.84. The Bertz CT molecular complexity index is 580. The smallest absolute Gasteiger partial charge is 0.133 e. The molecule has 2 rings (SSSR count). The Hall–Kier alpha value is -1.32. The summed E-state index contributed by atoms with van der Waals surface area (Å²) in [5, 5.41) is 0. The molecule has 0 saturated heterocycles. The summed E-state index contributed by atoms with van der Waals surface area (Å²) in [5.74, 6) is 1.20. The molecule has 0 radical (unpaired) electrons. The van der Waals surface area contributed by atoms with E-state index in [1.165, 1.54) is 16.7 Å². The summed E-state index contributed by atoms with van der Waals surface area (Å²) in [4.78, 5) is 0. The van der Waals surface area contributed by atoms with Crippen molar-refractivity contribution in [3.05, 3.63) is 63.6 Å². The number of aryl methyl sites for hydroxylation is 1. The highest BCUT2D eigenvalue weighted by molar-refractivity contribution is 9.10. The topological polar surface area (TPSA) is 35.2 Å². The van der Waals surface area contributed by atoms with Gasteiger partial charge in [-0.1, -0.05) is 37.3 Å². The highest BCUT2D eigenvalue weighted by Gasteiger charge is 2.12. The van der Waals surface area contributed by atoms with E-state index >= 15 is 0 Å². The summed E-state index contributed by atoms with van der Waals surface area (Å²) >= 11 is 3.54. The molecular formula is C18H22BrNO. The van der Waals surface area contributed by atoms with Gasteiger partial charge in [0.1, 0.15) is 5.75 Å². The minimum atomic E-state index is 0.344. The van der Waals surface area contributed by atoms with Crippen molar-refractivity contribution in [2.24, 2.45) is 5.73 Å². The Balaban J connectivity index is 2.16. The van der Waals surface area contributed by atoms with E-state index < -0.39 is 0 Å². The second-order valence-electron chi connectivity index (χ2n) is 5.20. The lowest BCUT2D eigenvalue weighted by atomic mass is 9.91. The molecular weight excluding hydrogens is 326 g/mol. The van der Waals surface area contributed by atoms with Crippen LogP contribution in [0.15, 0.2) is 46.9 Å². The van der Waals surface area contributed by atoms with Gasteiger partial charge >= 0.3 is 0 Å². The van der Waals surface area contributed by atoms with Gasteiger partial charge in [-0.25, -0.2) is 0 Å². The summed E-state index contributed by atoms with van der Waals surface area (Å²) in [5.41, 5.74) is 9.91. The average molecular weight is 348 g/mol. The molecule has 0 aliphatic rings. The van der Waals surface area contributed by atoms with Gasteiger partial charge in [0.05, 0.1) is 11.6 Å². The minimum Gasteiger partial charge on any atom is -0.496 e. The van der Waals surface area contributed by atoms with E-state index in [1.54, 1.807) is 7.11 Å². The van der Waals surface area contributed by atoms with Gasteiger partial charge in [-0.3, -0.25) is 0 Å². The summed E-state index contributed by atoms with van der Waals surface area (Å²) in [6, 6.07) is 15.0. The number of nitrogens with two attached hydrogens (primary N) is 1. The first-order valence-corrected chi connectivity index (χ1v) is 8.08. The third-order valence-corrected chi connectivity index (χ3v) is 4.46. The van der Waals surface area contributed by atoms with Crippen molar-refractivity contribution >= 4 is 15.9 Å². The maximum absolute atomic E-state index is 5.98. The summed E-state index contributed by atoms with van der Waals surface area (Å²) in [6.45, 7) is 2.82. The van der Waals surface area contributed by atoms with Crippen molar-refractivity contribution in [2.45, 2.75) is 25.7 Å². The summed E-state index contributed by atoms with van der Waals surface area (Å²) < 4.78 is 6.26. The van der Waals surface area contributed by atoms with Gasteiger partial charge < -0.3 is 10.5 Å². The van der Waals surface area contributed by atoms with Gasteiger partial charge in [0.25, 0.3) is 0 Å². The summed E-state index contributed by atoms with van der Waals surface area (Å²) in [7, 11) is 1.68. The second-order valence-corrected chi connectivity index (χ2v) is 6.06. The molecule has 112 valence electrons. The number of halogens is 1. The van der Waals surface area contributed by atoms with Crippen LogP contribution in [0.2, 0.25) is 0 Å². The number of hydrogen-bond acceptors (Lipinski definition) is 2. The fraction of sp³-hybridized carbons (Fsp3) is 0.333. The molecule has 2 N–H and O–H groups in total. The molecule has 0 fully saturated rings. The lowest BCUT2D eigenvalue weighted by Crippen LogP contribution is -2.15. The maximum Gasteiger partial charge on any atom is 0.133 e. The maximum atomic E-state index is 5.98. The largest absolute Gasteiger partial charge is 0.496 e. The quantitative estimate of drug-likeness (QED) is 0.845. The normalized spacial score (nSPS) is 12.2. The third kappa shape index (κ3) is 4.08. The van der Waals surface area contributed by atoms with Gasteiger partial charge in [0.15, 0.2) is 0 Å². The number of ether oxygens (including phenoxy) is 1. The standard InChI is InChI=1S/C18H22BrNO/c1-3-13-4-7-15(8-5-13)16(12-20)10-14-6-9-18(21-2)17(19)11-14/h4-9,11,16H,3,10,12,20H2,1-2H3. The van der Waals surface area contributed by atoms with Crippen molar-refractivity contribution < 1.29 is 4.74 Å². The van der Waals surface area contributed by atoms with Crippen molar-refractivity contribution in [2.75, 3.05) is 13.7 Å². The molecule has 1 atom stereocenters. The van der Waals surface area contributed by atoms with Gasteiger partial charge in [0.2, 0.25) is 0 Å². The second kappa shape index (κ2) is 7.62. The number of rotatable bonds is 6. The predicted molar refractivity (Wildman–Crippen MR) is 92.0 cm³/mol. The van der Waals surface area contributed by atoms with E-state index in [2.05, 4.69) is 59.3 Å². The average Bonchev–Trinajstić information content (AvgIpc) is 2.53. The van der Waals surface area contributed by atoms with Crippen molar-refractivity contribution in [3.63, 3.8) is 0 Å². The van der Waals surface area contributed by atoms with Crippen LogP contribution in [0.3, 0.4) is 0 Å². The molecule has 0 saturated carbocycles. The van der Waals surface area contributed by atoms with Crippen LogP contribution in [0, 0.1) is 0 Å². The van der Waals surface area contributed by atoms with Gasteiger partial charge in [-0.15, -0.1) is 0 Å². The number of hydrogen-bond donors (Lipinski definition) is 1. The van der Waals surface area contributed by atoms with Crippen LogP contribution in [-0.4, -0.2) is 13.7 Å². The van der Waals surface area contributed by atoms with Gasteiger partial charge in [0, 0.05) is 5.92 Å². The molecule has 0 aliphatic heterocycles. The molecule has 0 spiro atoms. The van der Waals surface area contributed by atoms with Crippen LogP contribution in [0.1, 0.15) is 29.5 Å².